The summed E-state index contributed by atoms with van der Waals surface area (Å²) in [5, 5.41) is 13.4. The van der Waals surface area contributed by atoms with Crippen molar-refractivity contribution in [3.63, 3.8) is 0 Å². The summed E-state index contributed by atoms with van der Waals surface area (Å²) in [6.07, 6.45) is 4.01. The summed E-state index contributed by atoms with van der Waals surface area (Å²) in [6, 6.07) is -0.670. The molecular weight excluding hydrogens is 488 g/mol. The monoisotopic (exact) mass is 522 g/mol. The van der Waals surface area contributed by atoms with Crippen LogP contribution in [0.4, 0.5) is 0 Å². The van der Waals surface area contributed by atoms with E-state index in [0.29, 0.717) is 24.8 Å². The van der Waals surface area contributed by atoms with Crippen molar-refractivity contribution in [2.45, 2.75) is 19.1 Å². The molecule has 0 spiro atoms. The molecule has 0 aliphatic carbocycles. The molecule has 13 heteroatoms. The Morgan fingerprint density at radius 1 is 1.25 bits per heavy atom. The van der Waals surface area contributed by atoms with Crippen LogP contribution in [-0.2, 0) is 23.9 Å². The molecule has 32 heavy (non-hydrogen) atoms. The van der Waals surface area contributed by atoms with Gasteiger partial charge in [0.05, 0.1) is 31.1 Å². The van der Waals surface area contributed by atoms with Crippen LogP contribution < -0.4 is 16.9 Å². The second-order valence-corrected chi connectivity index (χ2v) is 7.37. The summed E-state index contributed by atoms with van der Waals surface area (Å²) >= 11 is 3.02. The zero-order valence-electron chi connectivity index (χ0n) is 18.9. The topological polar surface area (TPSA) is 172 Å². The van der Waals surface area contributed by atoms with E-state index in [9.17, 15) is 24.3 Å². The number of methoxy groups -OCH3 is 1. The molecule has 2 amide bonds. The molecule has 0 fully saturated rings. The number of hydrogen-bond donors (Lipinski definition) is 4. The summed E-state index contributed by atoms with van der Waals surface area (Å²) in [4.78, 5) is 45.8. The number of hydrazine groups is 1. The van der Waals surface area contributed by atoms with Crippen molar-refractivity contribution in [2.75, 3.05) is 52.8 Å². The fourth-order valence-electron chi connectivity index (χ4n) is 2.12. The van der Waals surface area contributed by atoms with Gasteiger partial charge in [-0.3, -0.25) is 14.4 Å². The van der Waals surface area contributed by atoms with Crippen molar-refractivity contribution in [2.24, 2.45) is 11.6 Å². The van der Waals surface area contributed by atoms with E-state index in [-0.39, 0.29) is 36.6 Å². The summed E-state index contributed by atoms with van der Waals surface area (Å²) in [5.41, 5.74) is 6.43. The third-order valence-corrected chi connectivity index (χ3v) is 4.26. The number of amides is 2. The smallest absolute Gasteiger partial charge is 0.230 e. The van der Waals surface area contributed by atoms with E-state index < -0.39 is 12.1 Å². The Bertz CT molecular complexity index is 627. The molecule has 0 aliphatic rings. The Hall–Kier alpha value is -2.32. The van der Waals surface area contributed by atoms with Crippen molar-refractivity contribution in [3.05, 3.63) is 23.7 Å². The first-order valence-electron chi connectivity index (χ1n) is 9.48. The van der Waals surface area contributed by atoms with Crippen molar-refractivity contribution >= 4 is 40.8 Å². The number of alkyl halides is 1. The molecule has 0 saturated heterocycles. The number of nitrogens with one attached hydrogen (secondary N) is 1. The number of likely N-dealkylation sites (N-methyl/N-ethyl adjacent to an activating group) is 1. The normalized spacial score (nSPS) is 13.4. The van der Waals surface area contributed by atoms with Crippen LogP contribution in [0.1, 0.15) is 6.92 Å². The van der Waals surface area contributed by atoms with E-state index in [1.165, 1.54) is 29.4 Å². The fraction of sp³-hybridized carbons (Fsp3) is 0.579. The first kappa shape index (κ1) is 31.9. The third-order valence-electron chi connectivity index (χ3n) is 3.75. The lowest BCUT2D eigenvalue weighted by Crippen LogP contribution is -2.52. The Kier molecular flexibility index (Phi) is 19.3. The summed E-state index contributed by atoms with van der Waals surface area (Å²) in [7, 11) is 5.10. The van der Waals surface area contributed by atoms with Gasteiger partial charge in [0.25, 0.3) is 0 Å². The van der Waals surface area contributed by atoms with Gasteiger partial charge >= 0.3 is 0 Å². The first-order valence-corrected chi connectivity index (χ1v) is 10.6. The predicted molar refractivity (Wildman–Crippen MR) is 124 cm³/mol. The molecule has 0 bridgehead atoms. The number of ether oxygens (including phenoxy) is 1. The number of nitrogens with two attached hydrogens (primary N) is 2. The molecule has 0 rings (SSSR count). The third kappa shape index (κ3) is 15.5. The summed E-state index contributed by atoms with van der Waals surface area (Å²) < 4.78 is 5.21. The molecule has 12 nitrogen and oxygen atoms in total. The molecule has 0 aromatic rings. The van der Waals surface area contributed by atoms with Gasteiger partial charge in [0, 0.05) is 37.3 Å². The van der Waals surface area contributed by atoms with Crippen LogP contribution in [0.3, 0.4) is 0 Å². The van der Waals surface area contributed by atoms with Gasteiger partial charge in [0.15, 0.2) is 0 Å². The maximum Gasteiger partial charge on any atom is 0.230 e. The highest BCUT2D eigenvalue weighted by Crippen LogP contribution is 2.09. The van der Waals surface area contributed by atoms with Crippen molar-refractivity contribution in [3.8, 4) is 0 Å². The van der Waals surface area contributed by atoms with Crippen molar-refractivity contribution < 1.29 is 29.0 Å². The number of hydrogen-bond acceptors (Lipinski definition) is 10. The first-order chi connectivity index (χ1) is 15.1. The Morgan fingerprint density at radius 3 is 2.25 bits per heavy atom. The molecule has 6 N–H and O–H groups in total. The summed E-state index contributed by atoms with van der Waals surface area (Å²) in [6.45, 7) is 1.82. The second-order valence-electron chi connectivity index (χ2n) is 6.81. The minimum Gasteiger partial charge on any atom is -0.399 e. The molecule has 0 aliphatic heterocycles. The van der Waals surface area contributed by atoms with Crippen LogP contribution in [0, 0.1) is 0 Å². The predicted octanol–water partition coefficient (Wildman–Crippen LogP) is -1.84. The Balaban J connectivity index is 0. The van der Waals surface area contributed by atoms with Gasteiger partial charge in [0.2, 0.25) is 12.3 Å². The SMILES string of the molecule is CN(C)CC=O.COC(CO)C(CN(C=O)/C=C(/C)C=O)N(N)/C=C(\N)CNC(=O)CBr. The van der Waals surface area contributed by atoms with Gasteiger partial charge in [-0.2, -0.15) is 0 Å². The number of aliphatic hydroxyl groups is 1. The van der Waals surface area contributed by atoms with Crippen LogP contribution >= 0.6 is 15.9 Å². The second kappa shape index (κ2) is 19.4. The molecule has 0 heterocycles. The number of aldehydes is 2. The highest BCUT2D eigenvalue weighted by atomic mass is 79.9. The van der Waals surface area contributed by atoms with Crippen LogP contribution in [-0.4, -0.2) is 110 Å². The molecule has 184 valence electrons. The minimum absolute atomic E-state index is 0.0295. The van der Waals surface area contributed by atoms with E-state index in [1.54, 1.807) is 6.92 Å². The van der Waals surface area contributed by atoms with Crippen LogP contribution in [0.25, 0.3) is 0 Å². The van der Waals surface area contributed by atoms with Gasteiger partial charge in [0.1, 0.15) is 18.7 Å². The van der Waals surface area contributed by atoms with E-state index in [2.05, 4.69) is 21.2 Å². The standard InChI is InChI=1S/C15H26BrN5O5.C4H9NO/c1-11(8-22)5-20(10-24)7-13(14(9-23)26-2)21(18)6-12(17)4-19-15(25)3-16;1-5(2)3-4-6/h5-6,8,10,13-14,23H,3-4,7,9,17-18H2,1-2H3,(H,19,25);4H,3H2,1-2H3/b11-5-,12-6-;. The summed E-state index contributed by atoms with van der Waals surface area (Å²) in [5.74, 6) is 5.76. The fourth-order valence-corrected chi connectivity index (χ4v) is 2.32. The molecular formula is C19H35BrN6O6. The number of carbonyl (C=O) groups excluding carboxylic acids is 4. The maximum absolute atomic E-state index is 11.3. The van der Waals surface area contributed by atoms with Gasteiger partial charge in [-0.1, -0.05) is 15.9 Å². The molecule has 0 aromatic heterocycles. The lowest BCUT2D eigenvalue weighted by Gasteiger charge is -2.34. The number of carbonyl (C=O) groups is 4. The van der Waals surface area contributed by atoms with E-state index in [4.69, 9.17) is 16.3 Å². The Morgan fingerprint density at radius 2 is 1.88 bits per heavy atom. The van der Waals surface area contributed by atoms with Gasteiger partial charge in [-0.05, 0) is 21.0 Å². The Labute approximate surface area is 197 Å². The maximum atomic E-state index is 11.3. The molecule has 2 unspecified atom stereocenters. The van der Waals surface area contributed by atoms with Crippen LogP contribution in [0.2, 0.25) is 0 Å². The number of nitrogens with zero attached hydrogens (tertiary/aromatic N) is 3. The molecule has 0 radical (unpaired) electrons. The lowest BCUT2D eigenvalue weighted by molar-refractivity contribution is -0.118. The van der Waals surface area contributed by atoms with Crippen molar-refractivity contribution in [1.82, 2.24) is 20.1 Å². The van der Waals surface area contributed by atoms with E-state index in [0.717, 1.165) is 6.29 Å². The van der Waals surface area contributed by atoms with E-state index >= 15 is 0 Å². The highest BCUT2D eigenvalue weighted by molar-refractivity contribution is 9.09. The van der Waals surface area contributed by atoms with Gasteiger partial charge in [-0.25, -0.2) is 5.84 Å². The van der Waals surface area contributed by atoms with Gasteiger partial charge in [-0.15, -0.1) is 0 Å². The largest absolute Gasteiger partial charge is 0.399 e. The van der Waals surface area contributed by atoms with E-state index in [1.807, 2.05) is 19.0 Å². The molecule has 2 atom stereocenters. The van der Waals surface area contributed by atoms with Crippen LogP contribution in [0.5, 0.6) is 0 Å². The average molecular weight is 523 g/mol. The number of rotatable bonds is 15. The number of aliphatic hydroxyl groups excluding tert-OH is 1. The number of halogens is 1. The quantitative estimate of drug-likeness (QED) is 0.0628. The zero-order valence-corrected chi connectivity index (χ0v) is 20.5. The number of allylic oxidation sites excluding steroid dienone is 1. The van der Waals surface area contributed by atoms with Gasteiger partial charge < -0.3 is 40.5 Å². The van der Waals surface area contributed by atoms with Crippen molar-refractivity contribution in [1.29, 1.82) is 0 Å². The lowest BCUT2D eigenvalue weighted by atomic mass is 10.1. The minimum atomic E-state index is -0.728. The highest BCUT2D eigenvalue weighted by Gasteiger charge is 2.26. The zero-order chi connectivity index (χ0) is 25.1. The average Bonchev–Trinajstić information content (AvgIpc) is 2.76. The molecule has 0 saturated carbocycles. The molecule has 0 aromatic carbocycles. The van der Waals surface area contributed by atoms with Crippen LogP contribution in [0.15, 0.2) is 23.7 Å².